The Bertz CT molecular complexity index is 482. The van der Waals surface area contributed by atoms with Crippen molar-refractivity contribution in [2.24, 2.45) is 5.92 Å². The number of hydrogen-bond donors (Lipinski definition) is 1. The number of carbonyl (C=O) groups is 1. The number of carboxylic acids is 1. The van der Waals surface area contributed by atoms with Gasteiger partial charge in [0.25, 0.3) is 0 Å². The summed E-state index contributed by atoms with van der Waals surface area (Å²) in [5.41, 5.74) is 0.523. The molecule has 1 N–H and O–H groups in total. The molecule has 0 saturated carbocycles. The van der Waals surface area contributed by atoms with Gasteiger partial charge >= 0.3 is 5.97 Å². The Kier molecular flexibility index (Phi) is 5.55. The van der Waals surface area contributed by atoms with Crippen molar-refractivity contribution in [2.75, 3.05) is 44.7 Å². The molecule has 0 radical (unpaired) electrons. The largest absolute Gasteiger partial charge is 0.477 e. The standard InChI is InChI=1S/C14H23N3O3S/c1-10(2)8-16-4-6-17(7-5-16)14-15-11(9-20-3)12(21-14)13(18)19/h10H,4-9H2,1-3H3,(H,18,19). The van der Waals surface area contributed by atoms with Crippen molar-refractivity contribution in [3.63, 3.8) is 0 Å². The lowest BCUT2D eigenvalue weighted by Crippen LogP contribution is -2.47. The van der Waals surface area contributed by atoms with Crippen LogP contribution in [0.4, 0.5) is 5.13 Å². The summed E-state index contributed by atoms with van der Waals surface area (Å²) in [6, 6.07) is 0. The van der Waals surface area contributed by atoms with Crippen molar-refractivity contribution < 1.29 is 14.6 Å². The molecule has 2 rings (SSSR count). The highest BCUT2D eigenvalue weighted by atomic mass is 32.1. The molecule has 0 spiro atoms. The van der Waals surface area contributed by atoms with Gasteiger partial charge in [0, 0.05) is 39.8 Å². The third-order valence-electron chi connectivity index (χ3n) is 3.43. The van der Waals surface area contributed by atoms with E-state index in [1.54, 1.807) is 7.11 Å². The van der Waals surface area contributed by atoms with Crippen molar-refractivity contribution in [1.82, 2.24) is 9.88 Å². The number of carboxylic acid groups (broad SMARTS) is 1. The number of ether oxygens (including phenoxy) is 1. The highest BCUT2D eigenvalue weighted by molar-refractivity contribution is 7.17. The fourth-order valence-corrected chi connectivity index (χ4v) is 3.47. The lowest BCUT2D eigenvalue weighted by molar-refractivity contribution is 0.0697. The highest BCUT2D eigenvalue weighted by Crippen LogP contribution is 2.28. The first kappa shape index (κ1) is 16.2. The average molecular weight is 313 g/mol. The minimum atomic E-state index is -0.927. The summed E-state index contributed by atoms with van der Waals surface area (Å²) in [7, 11) is 1.55. The van der Waals surface area contributed by atoms with E-state index in [0.717, 1.165) is 37.9 Å². The molecular formula is C14H23N3O3S. The van der Waals surface area contributed by atoms with E-state index in [2.05, 4.69) is 28.6 Å². The van der Waals surface area contributed by atoms with E-state index >= 15 is 0 Å². The van der Waals surface area contributed by atoms with Gasteiger partial charge in [0.1, 0.15) is 4.88 Å². The van der Waals surface area contributed by atoms with Gasteiger partial charge in [0.2, 0.25) is 0 Å². The number of rotatable bonds is 6. The molecule has 6 nitrogen and oxygen atoms in total. The molecule has 0 amide bonds. The zero-order chi connectivity index (χ0) is 15.4. The predicted octanol–water partition coefficient (Wildman–Crippen LogP) is 1.77. The van der Waals surface area contributed by atoms with E-state index in [1.807, 2.05) is 0 Å². The molecule has 118 valence electrons. The topological polar surface area (TPSA) is 65.9 Å². The van der Waals surface area contributed by atoms with Gasteiger partial charge in [-0.15, -0.1) is 0 Å². The Morgan fingerprint density at radius 3 is 2.57 bits per heavy atom. The maximum absolute atomic E-state index is 11.3. The van der Waals surface area contributed by atoms with Crippen LogP contribution in [0.3, 0.4) is 0 Å². The number of hydrogen-bond acceptors (Lipinski definition) is 6. The zero-order valence-electron chi connectivity index (χ0n) is 12.8. The van der Waals surface area contributed by atoms with Gasteiger partial charge in [-0.05, 0) is 5.92 Å². The van der Waals surface area contributed by atoms with Crippen molar-refractivity contribution in [1.29, 1.82) is 0 Å². The molecule has 2 heterocycles. The number of methoxy groups -OCH3 is 1. The van der Waals surface area contributed by atoms with Crippen LogP contribution in [0.1, 0.15) is 29.2 Å². The summed E-state index contributed by atoms with van der Waals surface area (Å²) in [4.78, 5) is 20.6. The molecule has 1 aliphatic heterocycles. The SMILES string of the molecule is COCc1nc(N2CCN(CC(C)C)CC2)sc1C(=O)O. The van der Waals surface area contributed by atoms with Crippen molar-refractivity contribution in [3.8, 4) is 0 Å². The van der Waals surface area contributed by atoms with Gasteiger partial charge in [0.05, 0.1) is 12.3 Å². The molecule has 1 aliphatic rings. The Hall–Kier alpha value is -1.18. The first-order chi connectivity index (χ1) is 10.0. The monoisotopic (exact) mass is 313 g/mol. The third-order valence-corrected chi connectivity index (χ3v) is 4.57. The van der Waals surface area contributed by atoms with Crippen LogP contribution in [0.2, 0.25) is 0 Å². The number of aromatic carboxylic acids is 1. The van der Waals surface area contributed by atoms with Crippen LogP contribution < -0.4 is 4.90 Å². The average Bonchev–Trinajstić information content (AvgIpc) is 2.83. The Morgan fingerprint density at radius 2 is 2.05 bits per heavy atom. The number of thiazole rings is 1. The van der Waals surface area contributed by atoms with Crippen LogP contribution in [0.5, 0.6) is 0 Å². The quantitative estimate of drug-likeness (QED) is 0.863. The molecule has 21 heavy (non-hydrogen) atoms. The number of aromatic nitrogens is 1. The summed E-state index contributed by atoms with van der Waals surface area (Å²) in [6.45, 7) is 9.59. The van der Waals surface area contributed by atoms with E-state index in [-0.39, 0.29) is 11.5 Å². The third kappa shape index (κ3) is 4.15. The maximum atomic E-state index is 11.3. The van der Waals surface area contributed by atoms with E-state index in [9.17, 15) is 9.90 Å². The van der Waals surface area contributed by atoms with Gasteiger partial charge in [-0.1, -0.05) is 25.2 Å². The molecule has 0 aromatic carbocycles. The fourth-order valence-electron chi connectivity index (χ4n) is 2.51. The lowest BCUT2D eigenvalue weighted by Gasteiger charge is -2.35. The molecule has 0 bridgehead atoms. The first-order valence-corrected chi connectivity index (χ1v) is 8.02. The zero-order valence-corrected chi connectivity index (χ0v) is 13.7. The lowest BCUT2D eigenvalue weighted by atomic mass is 10.2. The van der Waals surface area contributed by atoms with Crippen molar-refractivity contribution in [2.45, 2.75) is 20.5 Å². The molecule has 1 aromatic rings. The molecular weight excluding hydrogens is 290 g/mol. The molecule has 1 aromatic heterocycles. The number of anilines is 1. The number of nitrogens with zero attached hydrogens (tertiary/aromatic N) is 3. The summed E-state index contributed by atoms with van der Waals surface area (Å²) in [5, 5.41) is 10.0. The fraction of sp³-hybridized carbons (Fsp3) is 0.714. The summed E-state index contributed by atoms with van der Waals surface area (Å²) in [5.74, 6) is -0.257. The van der Waals surface area contributed by atoms with E-state index < -0.39 is 5.97 Å². The van der Waals surface area contributed by atoms with Gasteiger partial charge in [-0.3, -0.25) is 4.90 Å². The summed E-state index contributed by atoms with van der Waals surface area (Å²) < 4.78 is 5.03. The minimum absolute atomic E-state index is 0.242. The summed E-state index contributed by atoms with van der Waals surface area (Å²) >= 11 is 1.25. The van der Waals surface area contributed by atoms with E-state index in [1.165, 1.54) is 11.3 Å². The molecule has 0 atom stereocenters. The molecule has 1 fully saturated rings. The van der Waals surface area contributed by atoms with Crippen molar-refractivity contribution in [3.05, 3.63) is 10.6 Å². The van der Waals surface area contributed by atoms with Gasteiger partial charge in [0.15, 0.2) is 5.13 Å². The van der Waals surface area contributed by atoms with Crippen LogP contribution in [0.25, 0.3) is 0 Å². The molecule has 0 aliphatic carbocycles. The van der Waals surface area contributed by atoms with Crippen LogP contribution >= 0.6 is 11.3 Å². The minimum Gasteiger partial charge on any atom is -0.477 e. The molecule has 1 saturated heterocycles. The highest BCUT2D eigenvalue weighted by Gasteiger charge is 2.23. The van der Waals surface area contributed by atoms with Gasteiger partial charge < -0.3 is 14.7 Å². The smallest absolute Gasteiger partial charge is 0.347 e. The van der Waals surface area contributed by atoms with Crippen LogP contribution in [-0.2, 0) is 11.3 Å². The Morgan fingerprint density at radius 1 is 1.38 bits per heavy atom. The van der Waals surface area contributed by atoms with Gasteiger partial charge in [-0.2, -0.15) is 0 Å². The second-order valence-electron chi connectivity index (χ2n) is 5.69. The van der Waals surface area contributed by atoms with Crippen molar-refractivity contribution >= 4 is 22.4 Å². The molecule has 7 heteroatoms. The first-order valence-electron chi connectivity index (χ1n) is 7.20. The van der Waals surface area contributed by atoms with Crippen LogP contribution in [0, 0.1) is 5.92 Å². The number of piperazine rings is 1. The van der Waals surface area contributed by atoms with Crippen LogP contribution in [-0.4, -0.2) is 60.8 Å². The normalized spacial score (nSPS) is 16.7. The Balaban J connectivity index is 2.03. The van der Waals surface area contributed by atoms with E-state index in [4.69, 9.17) is 4.74 Å². The van der Waals surface area contributed by atoms with Gasteiger partial charge in [-0.25, -0.2) is 9.78 Å². The van der Waals surface area contributed by atoms with E-state index in [0.29, 0.717) is 11.6 Å². The second kappa shape index (κ2) is 7.20. The second-order valence-corrected chi connectivity index (χ2v) is 6.67. The maximum Gasteiger partial charge on any atom is 0.347 e. The predicted molar refractivity (Wildman–Crippen MR) is 83.3 cm³/mol. The molecule has 0 unspecified atom stereocenters. The summed E-state index contributed by atoms with van der Waals surface area (Å²) in [6.07, 6.45) is 0. The Labute approximate surface area is 129 Å². The van der Waals surface area contributed by atoms with Crippen LogP contribution in [0.15, 0.2) is 0 Å².